The van der Waals surface area contributed by atoms with Crippen molar-refractivity contribution in [3.8, 4) is 0 Å². The second-order valence-electron chi connectivity index (χ2n) is 4.37. The molecule has 0 unspecified atom stereocenters. The molecule has 0 radical (unpaired) electrons. The summed E-state index contributed by atoms with van der Waals surface area (Å²) < 4.78 is 0. The highest BCUT2D eigenvalue weighted by atomic mass is 16.1. The average Bonchev–Trinajstić information content (AvgIpc) is 2.40. The molecule has 0 saturated heterocycles. The van der Waals surface area contributed by atoms with E-state index < -0.39 is 0 Å². The minimum atomic E-state index is 0.128. The topological polar surface area (TPSA) is 17.1 Å². The molecule has 2 aromatic rings. The molecule has 0 aliphatic rings. The summed E-state index contributed by atoms with van der Waals surface area (Å²) in [5.74, 6) is 0.128. The molecule has 0 saturated carbocycles. The largest absolute Gasteiger partial charge is 0.294 e. The molecule has 0 N–H and O–H groups in total. The second-order valence-corrected chi connectivity index (χ2v) is 4.37. The van der Waals surface area contributed by atoms with Gasteiger partial charge >= 0.3 is 0 Å². The van der Waals surface area contributed by atoms with Gasteiger partial charge in [-0.15, -0.1) is 0 Å². The van der Waals surface area contributed by atoms with Crippen molar-refractivity contribution in [2.24, 2.45) is 0 Å². The van der Waals surface area contributed by atoms with E-state index in [9.17, 15) is 4.79 Å². The predicted molar refractivity (Wildman–Crippen MR) is 75.4 cm³/mol. The van der Waals surface area contributed by atoms with E-state index in [2.05, 4.69) is 0 Å². The molecule has 0 aromatic heterocycles. The molecular formula is C17H16O. The van der Waals surface area contributed by atoms with Crippen LogP contribution in [0.4, 0.5) is 0 Å². The lowest BCUT2D eigenvalue weighted by Gasteiger charge is -1.98. The summed E-state index contributed by atoms with van der Waals surface area (Å²) in [6, 6.07) is 17.9. The first kappa shape index (κ1) is 12.3. The van der Waals surface area contributed by atoms with Gasteiger partial charge < -0.3 is 0 Å². The molecule has 0 spiro atoms. The summed E-state index contributed by atoms with van der Waals surface area (Å²) >= 11 is 0. The Morgan fingerprint density at radius 2 is 1.67 bits per heavy atom. The molecule has 90 valence electrons. The van der Waals surface area contributed by atoms with Gasteiger partial charge in [0.15, 0.2) is 5.78 Å². The Hall–Kier alpha value is -2.15. The van der Waals surface area contributed by atoms with E-state index in [1.807, 2.05) is 67.6 Å². The number of carbonyl (C=O) groups excluding carboxylic acids is 1. The Balaban J connectivity index is 1.97. The normalized spacial score (nSPS) is 10.7. The van der Waals surface area contributed by atoms with Crippen LogP contribution in [-0.4, -0.2) is 5.78 Å². The van der Waals surface area contributed by atoms with Crippen molar-refractivity contribution in [2.75, 3.05) is 0 Å². The minimum Gasteiger partial charge on any atom is -0.294 e. The Morgan fingerprint density at radius 3 is 2.33 bits per heavy atom. The van der Waals surface area contributed by atoms with E-state index >= 15 is 0 Å². The van der Waals surface area contributed by atoms with E-state index in [0.29, 0.717) is 6.42 Å². The highest BCUT2D eigenvalue weighted by Gasteiger charge is 1.99. The first-order chi connectivity index (χ1) is 8.74. The van der Waals surface area contributed by atoms with Crippen LogP contribution in [0.5, 0.6) is 0 Å². The van der Waals surface area contributed by atoms with Crippen molar-refractivity contribution in [1.29, 1.82) is 0 Å². The van der Waals surface area contributed by atoms with Gasteiger partial charge in [0.05, 0.1) is 0 Å². The van der Waals surface area contributed by atoms with Gasteiger partial charge in [-0.2, -0.15) is 0 Å². The summed E-state index contributed by atoms with van der Waals surface area (Å²) in [6.07, 6.45) is 3.97. The molecule has 0 bridgehead atoms. The van der Waals surface area contributed by atoms with Crippen LogP contribution in [0.25, 0.3) is 6.08 Å². The molecule has 1 nitrogen and oxygen atoms in total. The van der Waals surface area contributed by atoms with Crippen molar-refractivity contribution in [2.45, 2.75) is 13.3 Å². The van der Waals surface area contributed by atoms with Crippen molar-refractivity contribution in [3.05, 3.63) is 77.4 Å². The van der Waals surface area contributed by atoms with Crippen LogP contribution in [0.3, 0.4) is 0 Å². The first-order valence-corrected chi connectivity index (χ1v) is 6.05. The Labute approximate surface area is 108 Å². The maximum absolute atomic E-state index is 11.8. The average molecular weight is 236 g/mol. The molecule has 0 aliphatic heterocycles. The van der Waals surface area contributed by atoms with E-state index in [1.165, 1.54) is 5.56 Å². The van der Waals surface area contributed by atoms with Crippen LogP contribution in [0, 0.1) is 6.92 Å². The van der Waals surface area contributed by atoms with Crippen molar-refractivity contribution in [1.82, 2.24) is 0 Å². The van der Waals surface area contributed by atoms with Gasteiger partial charge in [-0.25, -0.2) is 0 Å². The fraction of sp³-hybridized carbons (Fsp3) is 0.118. The monoisotopic (exact) mass is 236 g/mol. The van der Waals surface area contributed by atoms with Gasteiger partial charge in [-0.1, -0.05) is 66.2 Å². The standard InChI is InChI=1S/C17H16O/c1-14-7-9-16(10-8-14)13-17(18)12-11-15-5-3-2-4-6-15/h2-12H,13H2,1H3/b12-11-. The lowest BCUT2D eigenvalue weighted by Crippen LogP contribution is -1.98. The van der Waals surface area contributed by atoms with Gasteiger partial charge in [-0.05, 0) is 24.1 Å². The molecule has 18 heavy (non-hydrogen) atoms. The van der Waals surface area contributed by atoms with Gasteiger partial charge in [-0.3, -0.25) is 4.79 Å². The number of ketones is 1. The first-order valence-electron chi connectivity index (χ1n) is 6.05. The van der Waals surface area contributed by atoms with Crippen molar-refractivity contribution < 1.29 is 4.79 Å². The number of carbonyl (C=O) groups is 1. The van der Waals surface area contributed by atoms with Gasteiger partial charge in [0, 0.05) is 6.42 Å². The van der Waals surface area contributed by atoms with Crippen LogP contribution < -0.4 is 0 Å². The number of rotatable bonds is 4. The number of hydrogen-bond donors (Lipinski definition) is 0. The summed E-state index contributed by atoms with van der Waals surface area (Å²) in [5.41, 5.74) is 3.32. The fourth-order valence-electron chi connectivity index (χ4n) is 1.72. The van der Waals surface area contributed by atoms with Crippen LogP contribution in [0.2, 0.25) is 0 Å². The summed E-state index contributed by atoms with van der Waals surface area (Å²) in [4.78, 5) is 11.8. The van der Waals surface area contributed by atoms with Gasteiger partial charge in [0.1, 0.15) is 0 Å². The highest BCUT2D eigenvalue weighted by Crippen LogP contribution is 2.06. The highest BCUT2D eigenvalue weighted by molar-refractivity contribution is 5.95. The quantitative estimate of drug-likeness (QED) is 0.737. The number of benzene rings is 2. The number of hydrogen-bond acceptors (Lipinski definition) is 1. The van der Waals surface area contributed by atoms with Crippen molar-refractivity contribution in [3.63, 3.8) is 0 Å². The zero-order valence-electron chi connectivity index (χ0n) is 10.5. The number of allylic oxidation sites excluding steroid dienone is 1. The lowest BCUT2D eigenvalue weighted by molar-refractivity contribution is -0.113. The third kappa shape index (κ3) is 3.70. The van der Waals surface area contributed by atoms with E-state index in [1.54, 1.807) is 6.08 Å². The fourth-order valence-corrected chi connectivity index (χ4v) is 1.72. The molecule has 0 heterocycles. The number of aryl methyl sites for hydroxylation is 1. The maximum atomic E-state index is 11.8. The smallest absolute Gasteiger partial charge is 0.160 e. The second kappa shape index (κ2) is 5.97. The zero-order chi connectivity index (χ0) is 12.8. The van der Waals surface area contributed by atoms with E-state index in [0.717, 1.165) is 11.1 Å². The molecule has 0 aliphatic carbocycles. The van der Waals surface area contributed by atoms with Crippen molar-refractivity contribution >= 4 is 11.9 Å². The lowest BCUT2D eigenvalue weighted by atomic mass is 10.1. The molecule has 2 aromatic carbocycles. The third-order valence-electron chi connectivity index (χ3n) is 2.76. The Kier molecular flexibility index (Phi) is 4.08. The summed E-state index contributed by atoms with van der Waals surface area (Å²) in [7, 11) is 0. The van der Waals surface area contributed by atoms with E-state index in [-0.39, 0.29) is 5.78 Å². The Morgan fingerprint density at radius 1 is 1.00 bits per heavy atom. The summed E-state index contributed by atoms with van der Waals surface area (Å²) in [5, 5.41) is 0. The third-order valence-corrected chi connectivity index (χ3v) is 2.76. The van der Waals surface area contributed by atoms with Crippen LogP contribution in [0.1, 0.15) is 16.7 Å². The van der Waals surface area contributed by atoms with Gasteiger partial charge in [0.25, 0.3) is 0 Å². The molecule has 0 atom stereocenters. The van der Waals surface area contributed by atoms with E-state index in [4.69, 9.17) is 0 Å². The molecular weight excluding hydrogens is 220 g/mol. The molecule has 1 heteroatoms. The van der Waals surface area contributed by atoms with Crippen LogP contribution in [-0.2, 0) is 11.2 Å². The zero-order valence-corrected chi connectivity index (χ0v) is 10.5. The SMILES string of the molecule is Cc1ccc(CC(=O)/C=C\c2ccccc2)cc1. The van der Waals surface area contributed by atoms with Gasteiger partial charge in [0.2, 0.25) is 0 Å². The Bertz CT molecular complexity index is 536. The van der Waals surface area contributed by atoms with Crippen LogP contribution in [0.15, 0.2) is 60.7 Å². The molecule has 0 fully saturated rings. The predicted octanol–water partition coefficient (Wildman–Crippen LogP) is 3.82. The van der Waals surface area contributed by atoms with Crippen LogP contribution >= 0.6 is 0 Å². The molecule has 2 rings (SSSR count). The minimum absolute atomic E-state index is 0.128. The summed E-state index contributed by atoms with van der Waals surface area (Å²) in [6.45, 7) is 2.04. The molecule has 0 amide bonds. The maximum Gasteiger partial charge on any atom is 0.160 e.